The largest absolute Gasteiger partial charge is 0.289 e. The summed E-state index contributed by atoms with van der Waals surface area (Å²) in [5, 5.41) is 16.8. The smallest absolute Gasteiger partial charge is 0.186 e. The highest BCUT2D eigenvalue weighted by Gasteiger charge is 2.12. The highest BCUT2D eigenvalue weighted by atomic mass is 19.1. The Morgan fingerprint density at radius 3 is 2.00 bits per heavy atom. The van der Waals surface area contributed by atoms with Gasteiger partial charge in [-0.1, -0.05) is 30.3 Å². The van der Waals surface area contributed by atoms with Crippen molar-refractivity contribution in [2.45, 2.75) is 0 Å². The molecular formula is C16H8FO. The van der Waals surface area contributed by atoms with Gasteiger partial charge in [-0.05, 0) is 29.0 Å². The maximum absolute atomic E-state index is 13.8. The molecule has 4 aromatic rings. The van der Waals surface area contributed by atoms with Gasteiger partial charge in [-0.15, -0.1) is 0 Å². The summed E-state index contributed by atoms with van der Waals surface area (Å²) in [6, 6.07) is 14.0. The molecule has 0 aromatic heterocycles. The number of hydrogen-bond acceptors (Lipinski definition) is 0. The second-order valence-electron chi connectivity index (χ2n) is 4.53. The lowest BCUT2D eigenvalue weighted by molar-refractivity contribution is 0.360. The van der Waals surface area contributed by atoms with E-state index in [9.17, 15) is 9.50 Å². The quantitative estimate of drug-likeness (QED) is 0.387. The molecule has 0 N–H and O–H groups in total. The van der Waals surface area contributed by atoms with Crippen LogP contribution in [0.1, 0.15) is 0 Å². The van der Waals surface area contributed by atoms with Gasteiger partial charge in [0.15, 0.2) is 5.75 Å². The molecule has 0 aliphatic carbocycles. The lowest BCUT2D eigenvalue weighted by Crippen LogP contribution is -1.86. The molecule has 0 unspecified atom stereocenters. The normalized spacial score (nSPS) is 11.8. The van der Waals surface area contributed by atoms with Crippen molar-refractivity contribution >= 4 is 32.3 Å². The molecule has 0 saturated carbocycles. The van der Waals surface area contributed by atoms with Gasteiger partial charge in [0.1, 0.15) is 5.82 Å². The number of rotatable bonds is 0. The van der Waals surface area contributed by atoms with Crippen molar-refractivity contribution in [3.05, 3.63) is 54.3 Å². The standard InChI is InChI=1S/C16H8FO/c17-13-7-3-9-2-6-12-14(18)8-4-10-1-5-11(13)15(9)16(10)12/h1-8H. The Balaban J connectivity index is 2.47. The van der Waals surface area contributed by atoms with E-state index in [1.165, 1.54) is 6.07 Å². The van der Waals surface area contributed by atoms with Crippen LogP contribution in [0.25, 0.3) is 32.3 Å². The maximum atomic E-state index is 13.8. The van der Waals surface area contributed by atoms with E-state index >= 15 is 0 Å². The minimum absolute atomic E-state index is 0.0128. The summed E-state index contributed by atoms with van der Waals surface area (Å²) in [7, 11) is 0. The second kappa shape index (κ2) is 3.10. The van der Waals surface area contributed by atoms with E-state index in [2.05, 4.69) is 0 Å². The zero-order valence-corrected chi connectivity index (χ0v) is 9.41. The molecule has 0 amide bonds. The summed E-state index contributed by atoms with van der Waals surface area (Å²) in [5.74, 6) is -0.255. The zero-order valence-electron chi connectivity index (χ0n) is 9.41. The molecule has 18 heavy (non-hydrogen) atoms. The number of hydrogen-bond donors (Lipinski definition) is 0. The molecular weight excluding hydrogens is 227 g/mol. The second-order valence-corrected chi connectivity index (χ2v) is 4.53. The van der Waals surface area contributed by atoms with Crippen LogP contribution in [0.5, 0.6) is 5.75 Å². The molecule has 1 nitrogen and oxygen atoms in total. The van der Waals surface area contributed by atoms with Gasteiger partial charge in [-0.25, -0.2) is 4.39 Å². The molecule has 1 radical (unpaired) electrons. The summed E-state index contributed by atoms with van der Waals surface area (Å²) < 4.78 is 13.8. The molecule has 0 bridgehead atoms. The Labute approximate surface area is 102 Å². The van der Waals surface area contributed by atoms with Crippen molar-refractivity contribution < 1.29 is 9.50 Å². The Morgan fingerprint density at radius 2 is 1.22 bits per heavy atom. The highest BCUT2D eigenvalue weighted by molar-refractivity contribution is 6.24. The third-order valence-corrected chi connectivity index (χ3v) is 3.57. The first kappa shape index (κ1) is 9.66. The van der Waals surface area contributed by atoms with Crippen LogP contribution in [0.3, 0.4) is 0 Å². The van der Waals surface area contributed by atoms with Gasteiger partial charge in [0, 0.05) is 21.5 Å². The van der Waals surface area contributed by atoms with E-state index in [0.717, 1.165) is 21.5 Å². The van der Waals surface area contributed by atoms with Crippen molar-refractivity contribution in [1.82, 2.24) is 0 Å². The molecule has 4 rings (SSSR count). The third-order valence-electron chi connectivity index (χ3n) is 3.57. The van der Waals surface area contributed by atoms with Gasteiger partial charge in [0.05, 0.1) is 0 Å². The van der Waals surface area contributed by atoms with Gasteiger partial charge in [-0.2, -0.15) is 0 Å². The molecule has 4 aromatic carbocycles. The summed E-state index contributed by atoms with van der Waals surface area (Å²) >= 11 is 0. The SMILES string of the molecule is [O]c1ccc2ccc3c(F)ccc4ccc1c2c43. The van der Waals surface area contributed by atoms with Gasteiger partial charge < -0.3 is 0 Å². The zero-order chi connectivity index (χ0) is 12.3. The third kappa shape index (κ3) is 1.05. The average molecular weight is 235 g/mol. The summed E-state index contributed by atoms with van der Waals surface area (Å²) in [6.45, 7) is 0. The van der Waals surface area contributed by atoms with E-state index < -0.39 is 0 Å². The monoisotopic (exact) mass is 235 g/mol. The van der Waals surface area contributed by atoms with E-state index in [1.807, 2.05) is 18.2 Å². The summed E-state index contributed by atoms with van der Waals surface area (Å²) in [5.41, 5.74) is 0. The fourth-order valence-corrected chi connectivity index (χ4v) is 2.74. The minimum Gasteiger partial charge on any atom is -0.289 e. The van der Waals surface area contributed by atoms with Gasteiger partial charge >= 0.3 is 0 Å². The van der Waals surface area contributed by atoms with E-state index in [-0.39, 0.29) is 11.6 Å². The Morgan fingerprint density at radius 1 is 0.667 bits per heavy atom. The van der Waals surface area contributed by atoms with Gasteiger partial charge in [0.2, 0.25) is 0 Å². The summed E-state index contributed by atoms with van der Waals surface area (Å²) in [6.07, 6.45) is 0. The van der Waals surface area contributed by atoms with Crippen LogP contribution in [-0.2, 0) is 5.11 Å². The van der Waals surface area contributed by atoms with Crippen LogP contribution in [0, 0.1) is 5.82 Å². The van der Waals surface area contributed by atoms with Crippen molar-refractivity contribution in [2.24, 2.45) is 0 Å². The van der Waals surface area contributed by atoms with Gasteiger partial charge in [0.25, 0.3) is 0 Å². The highest BCUT2D eigenvalue weighted by Crippen LogP contribution is 2.38. The fourth-order valence-electron chi connectivity index (χ4n) is 2.74. The number of benzene rings is 4. The molecule has 0 fully saturated rings. The molecule has 0 spiro atoms. The van der Waals surface area contributed by atoms with Crippen LogP contribution >= 0.6 is 0 Å². The lowest BCUT2D eigenvalue weighted by atomic mass is 9.94. The topological polar surface area (TPSA) is 19.9 Å². The van der Waals surface area contributed by atoms with Crippen molar-refractivity contribution in [1.29, 1.82) is 0 Å². The van der Waals surface area contributed by atoms with Crippen LogP contribution in [0.15, 0.2) is 48.5 Å². The Bertz CT molecular complexity index is 820. The fraction of sp³-hybridized carbons (Fsp3) is 0. The first-order valence-corrected chi connectivity index (χ1v) is 5.79. The molecule has 0 aliphatic heterocycles. The van der Waals surface area contributed by atoms with E-state index in [1.54, 1.807) is 24.3 Å². The molecule has 2 heteroatoms. The minimum atomic E-state index is -0.242. The predicted molar refractivity (Wildman–Crippen MR) is 70.2 cm³/mol. The van der Waals surface area contributed by atoms with E-state index in [0.29, 0.717) is 10.8 Å². The van der Waals surface area contributed by atoms with Crippen molar-refractivity contribution in [2.75, 3.05) is 0 Å². The first-order valence-electron chi connectivity index (χ1n) is 5.79. The Kier molecular flexibility index (Phi) is 1.67. The molecule has 0 aliphatic rings. The molecule has 0 atom stereocenters. The molecule has 0 heterocycles. The van der Waals surface area contributed by atoms with E-state index in [4.69, 9.17) is 0 Å². The van der Waals surface area contributed by atoms with Crippen LogP contribution in [0.4, 0.5) is 4.39 Å². The number of halogens is 1. The van der Waals surface area contributed by atoms with Crippen molar-refractivity contribution in [3.8, 4) is 5.75 Å². The maximum Gasteiger partial charge on any atom is 0.186 e. The molecule has 0 saturated heterocycles. The van der Waals surface area contributed by atoms with Crippen LogP contribution in [0.2, 0.25) is 0 Å². The average Bonchev–Trinajstić information content (AvgIpc) is 2.40. The lowest BCUT2D eigenvalue weighted by Gasteiger charge is -2.11. The van der Waals surface area contributed by atoms with Crippen LogP contribution < -0.4 is 0 Å². The first-order chi connectivity index (χ1) is 8.75. The van der Waals surface area contributed by atoms with Crippen molar-refractivity contribution in [3.63, 3.8) is 0 Å². The summed E-state index contributed by atoms with van der Waals surface area (Å²) in [4.78, 5) is 0. The van der Waals surface area contributed by atoms with Crippen LogP contribution in [-0.4, -0.2) is 0 Å². The predicted octanol–water partition coefficient (Wildman–Crippen LogP) is 4.87. The van der Waals surface area contributed by atoms with Gasteiger partial charge in [-0.3, -0.25) is 5.11 Å². The molecule has 85 valence electrons. The Hall–Kier alpha value is -2.35.